The highest BCUT2D eigenvalue weighted by Crippen LogP contribution is 2.23. The lowest BCUT2D eigenvalue weighted by molar-refractivity contribution is -0.383. The number of carbonyl (C=O) groups is 1. The van der Waals surface area contributed by atoms with Crippen molar-refractivity contribution in [1.29, 1.82) is 0 Å². The number of para-hydroxylation sites is 2. The van der Waals surface area contributed by atoms with E-state index in [0.717, 1.165) is 4.88 Å². The molecule has 0 aliphatic heterocycles. The summed E-state index contributed by atoms with van der Waals surface area (Å²) in [4.78, 5) is 23.0. The van der Waals surface area contributed by atoms with E-state index in [1.165, 1.54) is 23.7 Å². The Kier molecular flexibility index (Phi) is 3.33. The molecule has 0 saturated carbocycles. The second-order valence-corrected chi connectivity index (χ2v) is 4.56. The van der Waals surface area contributed by atoms with Gasteiger partial charge >= 0.3 is 0 Å². The summed E-state index contributed by atoms with van der Waals surface area (Å²) >= 11 is 1.21. The summed E-state index contributed by atoms with van der Waals surface area (Å²) in [5.74, 6) is -0.450. The van der Waals surface area contributed by atoms with Gasteiger partial charge in [0.25, 0.3) is 11.6 Å². The Balaban J connectivity index is 2.24. The molecule has 2 aromatic rings. The summed E-state index contributed by atoms with van der Waals surface area (Å²) in [6.45, 7) is 1.83. The first-order chi connectivity index (χ1) is 8.58. The minimum Gasteiger partial charge on any atom is -0.315 e. The van der Waals surface area contributed by atoms with Crippen LogP contribution in [0.5, 0.6) is 0 Å². The van der Waals surface area contributed by atoms with E-state index in [2.05, 4.69) is 9.69 Å². The van der Waals surface area contributed by atoms with Crippen molar-refractivity contribution < 1.29 is 9.72 Å². The van der Waals surface area contributed by atoms with Crippen LogP contribution >= 0.6 is 11.5 Å². The number of nitrogens with zero attached hydrogens (tertiary/aromatic N) is 2. The van der Waals surface area contributed by atoms with Crippen molar-refractivity contribution in [2.24, 2.45) is 0 Å². The molecule has 0 aliphatic rings. The molecular formula is C11H9N3O3S. The van der Waals surface area contributed by atoms with Crippen LogP contribution in [0, 0.1) is 17.0 Å². The number of hydrogen-bond donors (Lipinski definition) is 1. The van der Waals surface area contributed by atoms with Gasteiger partial charge in [0.2, 0.25) is 0 Å². The molecule has 1 N–H and O–H groups in total. The highest BCUT2D eigenvalue weighted by molar-refractivity contribution is 7.05. The van der Waals surface area contributed by atoms with Crippen molar-refractivity contribution in [3.05, 3.63) is 51.0 Å². The van der Waals surface area contributed by atoms with E-state index in [-0.39, 0.29) is 17.1 Å². The third-order valence-electron chi connectivity index (χ3n) is 2.21. The number of aryl methyl sites for hydroxylation is 1. The Bertz CT molecular complexity index is 609. The minimum atomic E-state index is -0.540. The Morgan fingerprint density at radius 1 is 1.44 bits per heavy atom. The molecule has 0 aliphatic carbocycles. The SMILES string of the molecule is Cc1cc(C(=O)Nc2ccccc2[N+](=O)[O-])ns1. The molecule has 1 aromatic heterocycles. The Hall–Kier alpha value is -2.28. The highest BCUT2D eigenvalue weighted by atomic mass is 32.1. The van der Waals surface area contributed by atoms with E-state index in [1.54, 1.807) is 18.2 Å². The normalized spacial score (nSPS) is 10.1. The topological polar surface area (TPSA) is 85.1 Å². The number of hydrogen-bond acceptors (Lipinski definition) is 5. The molecule has 0 atom stereocenters. The lowest BCUT2D eigenvalue weighted by atomic mass is 10.2. The van der Waals surface area contributed by atoms with E-state index in [1.807, 2.05) is 6.92 Å². The summed E-state index contributed by atoms with van der Waals surface area (Å²) in [5, 5.41) is 13.3. The Morgan fingerprint density at radius 2 is 2.17 bits per heavy atom. The van der Waals surface area contributed by atoms with E-state index in [9.17, 15) is 14.9 Å². The van der Waals surface area contributed by atoms with Gasteiger partial charge in [0.05, 0.1) is 4.92 Å². The fourth-order valence-electron chi connectivity index (χ4n) is 1.40. The first-order valence-corrected chi connectivity index (χ1v) is 5.83. The third-order valence-corrected chi connectivity index (χ3v) is 2.90. The smallest absolute Gasteiger partial charge is 0.292 e. The molecule has 6 nitrogen and oxygen atoms in total. The largest absolute Gasteiger partial charge is 0.315 e. The molecule has 0 bridgehead atoms. The quantitative estimate of drug-likeness (QED) is 0.681. The van der Waals surface area contributed by atoms with Gasteiger partial charge in [0.1, 0.15) is 11.4 Å². The molecule has 2 rings (SSSR count). The molecule has 0 fully saturated rings. The number of anilines is 1. The van der Waals surface area contributed by atoms with Crippen molar-refractivity contribution in [1.82, 2.24) is 4.37 Å². The summed E-state index contributed by atoms with van der Waals surface area (Å²) in [6.07, 6.45) is 0. The van der Waals surface area contributed by atoms with Crippen LogP contribution in [-0.2, 0) is 0 Å². The molecule has 92 valence electrons. The van der Waals surface area contributed by atoms with Crippen molar-refractivity contribution in [2.45, 2.75) is 6.92 Å². The van der Waals surface area contributed by atoms with Gasteiger partial charge in [-0.3, -0.25) is 14.9 Å². The Labute approximate surface area is 107 Å². The van der Waals surface area contributed by atoms with Crippen molar-refractivity contribution in [3.8, 4) is 0 Å². The second kappa shape index (κ2) is 4.92. The number of rotatable bonds is 3. The van der Waals surface area contributed by atoms with Crippen LogP contribution in [0.4, 0.5) is 11.4 Å². The molecule has 0 saturated heterocycles. The molecule has 1 amide bonds. The number of nitro groups is 1. The zero-order valence-corrected chi connectivity index (χ0v) is 10.2. The summed E-state index contributed by atoms with van der Waals surface area (Å²) < 4.78 is 3.95. The lowest BCUT2D eigenvalue weighted by Crippen LogP contribution is -2.13. The van der Waals surface area contributed by atoms with Crippen LogP contribution in [0.25, 0.3) is 0 Å². The van der Waals surface area contributed by atoms with Crippen molar-refractivity contribution >= 4 is 28.8 Å². The molecule has 18 heavy (non-hydrogen) atoms. The molecular weight excluding hydrogens is 254 g/mol. The molecule has 1 heterocycles. The predicted octanol–water partition coefficient (Wildman–Crippen LogP) is 2.61. The van der Waals surface area contributed by atoms with Gasteiger partial charge in [-0.2, -0.15) is 4.37 Å². The summed E-state index contributed by atoms with van der Waals surface area (Å²) in [5.41, 5.74) is 0.284. The maximum atomic E-state index is 11.8. The highest BCUT2D eigenvalue weighted by Gasteiger charge is 2.16. The number of aromatic nitrogens is 1. The zero-order chi connectivity index (χ0) is 13.1. The van der Waals surface area contributed by atoms with Crippen molar-refractivity contribution in [3.63, 3.8) is 0 Å². The third kappa shape index (κ3) is 2.51. The zero-order valence-electron chi connectivity index (χ0n) is 9.41. The predicted molar refractivity (Wildman–Crippen MR) is 67.9 cm³/mol. The van der Waals surface area contributed by atoms with Gasteiger partial charge < -0.3 is 5.32 Å². The molecule has 0 unspecified atom stereocenters. The van der Waals surface area contributed by atoms with Gasteiger partial charge in [-0.05, 0) is 30.6 Å². The molecule has 7 heteroatoms. The van der Waals surface area contributed by atoms with E-state index in [4.69, 9.17) is 0 Å². The average Bonchev–Trinajstić information content (AvgIpc) is 2.76. The van der Waals surface area contributed by atoms with Gasteiger partial charge in [0.15, 0.2) is 0 Å². The number of nitro benzene ring substituents is 1. The fraction of sp³-hybridized carbons (Fsp3) is 0.0909. The molecule has 0 spiro atoms. The number of carbonyl (C=O) groups excluding carboxylic acids is 1. The van der Waals surface area contributed by atoms with Gasteiger partial charge in [0, 0.05) is 10.9 Å². The monoisotopic (exact) mass is 263 g/mol. The second-order valence-electron chi connectivity index (χ2n) is 3.55. The Morgan fingerprint density at radius 3 is 2.78 bits per heavy atom. The van der Waals surface area contributed by atoms with Crippen LogP contribution in [0.1, 0.15) is 15.4 Å². The molecule has 0 radical (unpaired) electrons. The average molecular weight is 263 g/mol. The fourth-order valence-corrected chi connectivity index (χ4v) is 1.94. The van der Waals surface area contributed by atoms with Crippen molar-refractivity contribution in [2.75, 3.05) is 5.32 Å². The maximum Gasteiger partial charge on any atom is 0.292 e. The van der Waals surface area contributed by atoms with Gasteiger partial charge in [-0.1, -0.05) is 12.1 Å². The van der Waals surface area contributed by atoms with Crippen LogP contribution in [0.3, 0.4) is 0 Å². The lowest BCUT2D eigenvalue weighted by Gasteiger charge is -2.03. The minimum absolute atomic E-state index is 0.141. The molecule has 1 aromatic carbocycles. The van der Waals surface area contributed by atoms with E-state index >= 15 is 0 Å². The number of amides is 1. The van der Waals surface area contributed by atoms with Crippen LogP contribution in [-0.4, -0.2) is 15.2 Å². The number of benzene rings is 1. The van der Waals surface area contributed by atoms with Gasteiger partial charge in [-0.25, -0.2) is 0 Å². The number of nitrogens with one attached hydrogen (secondary N) is 1. The first kappa shape index (κ1) is 12.2. The maximum absolute atomic E-state index is 11.8. The summed E-state index contributed by atoms with van der Waals surface area (Å²) in [7, 11) is 0. The van der Waals surface area contributed by atoms with Gasteiger partial charge in [-0.15, -0.1) is 0 Å². The summed E-state index contributed by atoms with van der Waals surface area (Å²) in [6, 6.07) is 7.61. The van der Waals surface area contributed by atoms with Crippen LogP contribution in [0.15, 0.2) is 30.3 Å². The van der Waals surface area contributed by atoms with E-state index in [0.29, 0.717) is 0 Å². The first-order valence-electron chi connectivity index (χ1n) is 5.06. The van der Waals surface area contributed by atoms with Crippen LogP contribution in [0.2, 0.25) is 0 Å². The van der Waals surface area contributed by atoms with E-state index < -0.39 is 10.8 Å². The van der Waals surface area contributed by atoms with Crippen LogP contribution < -0.4 is 5.32 Å². The standard InChI is InChI=1S/C11H9N3O3S/c1-7-6-9(13-18-7)11(15)12-8-4-2-3-5-10(8)14(16)17/h2-6H,1H3,(H,12,15).